The molecule has 0 atom stereocenters. The molecule has 0 radical (unpaired) electrons. The fraction of sp³-hybridized carbons (Fsp3) is 0.545. The summed E-state index contributed by atoms with van der Waals surface area (Å²) in [6.07, 6.45) is 1.50. The van der Waals surface area contributed by atoms with E-state index in [1.165, 1.54) is 13.3 Å². The molecule has 1 aromatic heterocycles. The number of hydrogen-bond donors (Lipinski definition) is 1. The van der Waals surface area contributed by atoms with Crippen LogP contribution in [0.15, 0.2) is 12.3 Å². The highest BCUT2D eigenvalue weighted by Crippen LogP contribution is 2.07. The van der Waals surface area contributed by atoms with E-state index in [9.17, 15) is 4.79 Å². The number of esters is 1. The molecule has 0 fully saturated rings. The Labute approximate surface area is 105 Å². The maximum Gasteiger partial charge on any atom is 0.376 e. The first-order chi connectivity index (χ1) is 8.69. The molecule has 0 aliphatic heterocycles. The van der Waals surface area contributed by atoms with E-state index in [-0.39, 0.29) is 12.4 Å². The van der Waals surface area contributed by atoms with Crippen molar-refractivity contribution in [3.63, 3.8) is 0 Å². The Kier molecular flexibility index (Phi) is 6.03. The lowest BCUT2D eigenvalue weighted by Gasteiger charge is -2.17. The molecule has 0 saturated carbocycles. The van der Waals surface area contributed by atoms with Gasteiger partial charge in [0.05, 0.1) is 26.9 Å². The number of anilines is 1. The molecule has 0 amide bonds. The first kappa shape index (κ1) is 14.3. The molecule has 0 unspecified atom stereocenters. The lowest BCUT2D eigenvalue weighted by atomic mass is 10.4. The van der Waals surface area contributed by atoms with Crippen LogP contribution in [0.4, 0.5) is 5.82 Å². The van der Waals surface area contributed by atoms with Crippen molar-refractivity contribution in [3.8, 4) is 0 Å². The molecule has 100 valence electrons. The van der Waals surface area contributed by atoms with E-state index in [0.717, 1.165) is 0 Å². The van der Waals surface area contributed by atoms with Crippen molar-refractivity contribution in [1.29, 1.82) is 0 Å². The number of aliphatic hydroxyl groups is 1. The second-order valence-corrected chi connectivity index (χ2v) is 3.49. The summed E-state index contributed by atoms with van der Waals surface area (Å²) >= 11 is 0. The first-order valence-electron chi connectivity index (χ1n) is 5.50. The predicted octanol–water partition coefficient (Wildman–Crippen LogP) is -0.292. The van der Waals surface area contributed by atoms with Crippen LogP contribution in [0.1, 0.15) is 10.6 Å². The normalized spacial score (nSPS) is 10.2. The molecule has 1 aromatic rings. The molecule has 0 aromatic carbocycles. The van der Waals surface area contributed by atoms with Gasteiger partial charge in [0.15, 0.2) is 0 Å². The molecule has 7 nitrogen and oxygen atoms in total. The quantitative estimate of drug-likeness (QED) is 0.529. The van der Waals surface area contributed by atoms with Gasteiger partial charge in [-0.15, -0.1) is 0 Å². The molecule has 0 bridgehead atoms. The van der Waals surface area contributed by atoms with Gasteiger partial charge in [-0.1, -0.05) is 0 Å². The average molecular weight is 255 g/mol. The minimum atomic E-state index is -0.568. The molecule has 0 aliphatic carbocycles. The van der Waals surface area contributed by atoms with Crippen LogP contribution in [-0.4, -0.2) is 61.6 Å². The Bertz CT molecular complexity index is 386. The number of aromatic nitrogens is 2. The van der Waals surface area contributed by atoms with Gasteiger partial charge in [-0.3, -0.25) is 0 Å². The Balaban J connectivity index is 2.57. The zero-order chi connectivity index (χ0) is 13.4. The second-order valence-electron chi connectivity index (χ2n) is 3.49. The zero-order valence-electron chi connectivity index (χ0n) is 10.5. The number of likely N-dealkylation sites (N-methyl/N-ethyl adjacent to an activating group) is 1. The molecule has 1 heterocycles. The summed E-state index contributed by atoms with van der Waals surface area (Å²) in [7, 11) is 3.11. The minimum absolute atomic E-state index is 0.00368. The summed E-state index contributed by atoms with van der Waals surface area (Å²) in [5.74, 6) is 0.0675. The largest absolute Gasteiger partial charge is 0.463 e. The summed E-state index contributed by atoms with van der Waals surface area (Å²) < 4.78 is 9.70. The summed E-state index contributed by atoms with van der Waals surface area (Å²) in [4.78, 5) is 21.0. The van der Waals surface area contributed by atoms with Crippen LogP contribution in [0.25, 0.3) is 0 Å². The molecule has 0 aliphatic rings. The molecule has 7 heteroatoms. The number of nitrogens with zero attached hydrogens (tertiary/aromatic N) is 3. The average Bonchev–Trinajstić information content (AvgIpc) is 2.42. The first-order valence-corrected chi connectivity index (χ1v) is 5.50. The van der Waals surface area contributed by atoms with E-state index in [1.807, 2.05) is 11.9 Å². The van der Waals surface area contributed by atoms with Gasteiger partial charge in [0, 0.05) is 19.8 Å². The van der Waals surface area contributed by atoms with Crippen LogP contribution in [0, 0.1) is 0 Å². The van der Waals surface area contributed by atoms with Gasteiger partial charge in [-0.25, -0.2) is 14.8 Å². The third-order valence-electron chi connectivity index (χ3n) is 2.21. The molecule has 1 rings (SSSR count). The van der Waals surface area contributed by atoms with Crippen molar-refractivity contribution >= 4 is 11.8 Å². The van der Waals surface area contributed by atoms with Crippen LogP contribution in [-0.2, 0) is 9.47 Å². The van der Waals surface area contributed by atoms with Crippen LogP contribution in [0.5, 0.6) is 0 Å². The third kappa shape index (κ3) is 4.27. The van der Waals surface area contributed by atoms with E-state index in [2.05, 4.69) is 14.7 Å². The number of carbonyl (C=O) groups excluding carboxylic acids is 1. The van der Waals surface area contributed by atoms with Crippen molar-refractivity contribution in [2.45, 2.75) is 0 Å². The molecular weight excluding hydrogens is 238 g/mol. The highest BCUT2D eigenvalue weighted by molar-refractivity contribution is 5.85. The molecule has 18 heavy (non-hydrogen) atoms. The summed E-state index contributed by atoms with van der Waals surface area (Å²) in [6.45, 7) is 1.38. The van der Waals surface area contributed by atoms with E-state index < -0.39 is 5.97 Å². The summed E-state index contributed by atoms with van der Waals surface area (Å²) in [5.41, 5.74) is 0. The number of ether oxygens (including phenoxy) is 2. The molecule has 1 N–H and O–H groups in total. The number of methoxy groups -OCH3 is 1. The fourth-order valence-corrected chi connectivity index (χ4v) is 1.23. The van der Waals surface area contributed by atoms with Crippen LogP contribution < -0.4 is 4.90 Å². The maximum atomic E-state index is 11.3. The second kappa shape index (κ2) is 7.57. The van der Waals surface area contributed by atoms with Crippen molar-refractivity contribution < 1.29 is 19.4 Å². The molecule has 0 saturated heterocycles. The Morgan fingerprint density at radius 2 is 2.28 bits per heavy atom. The van der Waals surface area contributed by atoms with Gasteiger partial charge in [0.1, 0.15) is 5.82 Å². The van der Waals surface area contributed by atoms with E-state index >= 15 is 0 Å². The zero-order valence-corrected chi connectivity index (χ0v) is 10.5. The molecule has 0 spiro atoms. The fourth-order valence-electron chi connectivity index (χ4n) is 1.23. The van der Waals surface area contributed by atoms with E-state index in [1.54, 1.807) is 6.07 Å². The van der Waals surface area contributed by atoms with Crippen molar-refractivity contribution in [2.75, 3.05) is 45.4 Å². The Morgan fingerprint density at radius 3 is 2.94 bits per heavy atom. The number of aliphatic hydroxyl groups excluding tert-OH is 1. The lowest BCUT2D eigenvalue weighted by molar-refractivity contribution is 0.0586. The van der Waals surface area contributed by atoms with Gasteiger partial charge < -0.3 is 19.5 Å². The van der Waals surface area contributed by atoms with Crippen molar-refractivity contribution in [2.24, 2.45) is 0 Å². The molecular formula is C11H17N3O4. The van der Waals surface area contributed by atoms with Gasteiger partial charge in [0.25, 0.3) is 0 Å². The van der Waals surface area contributed by atoms with Gasteiger partial charge >= 0.3 is 5.97 Å². The predicted molar refractivity (Wildman–Crippen MR) is 64.5 cm³/mol. The Morgan fingerprint density at radius 1 is 1.50 bits per heavy atom. The standard InChI is InChI=1S/C11H17N3O4/c1-14(5-7-18-8-6-15)9-3-4-12-10(13-9)11(16)17-2/h3-4,15H,5-8H2,1-2H3. The van der Waals surface area contributed by atoms with Crippen molar-refractivity contribution in [1.82, 2.24) is 9.97 Å². The summed E-state index contributed by atoms with van der Waals surface area (Å²) in [5, 5.41) is 8.56. The SMILES string of the molecule is COC(=O)c1nccc(N(C)CCOCCO)n1. The minimum Gasteiger partial charge on any atom is -0.463 e. The lowest BCUT2D eigenvalue weighted by Crippen LogP contribution is -2.25. The topological polar surface area (TPSA) is 84.8 Å². The summed E-state index contributed by atoms with van der Waals surface area (Å²) in [6, 6.07) is 1.69. The van der Waals surface area contributed by atoms with Gasteiger partial charge in [0.2, 0.25) is 5.82 Å². The van der Waals surface area contributed by atoms with Crippen LogP contribution in [0.2, 0.25) is 0 Å². The number of rotatable bonds is 7. The van der Waals surface area contributed by atoms with E-state index in [4.69, 9.17) is 9.84 Å². The van der Waals surface area contributed by atoms with Crippen LogP contribution in [0.3, 0.4) is 0 Å². The van der Waals surface area contributed by atoms with Crippen molar-refractivity contribution in [3.05, 3.63) is 18.1 Å². The van der Waals surface area contributed by atoms with Gasteiger partial charge in [-0.05, 0) is 6.07 Å². The van der Waals surface area contributed by atoms with E-state index in [0.29, 0.717) is 25.6 Å². The number of carbonyl (C=O) groups is 1. The number of hydrogen-bond acceptors (Lipinski definition) is 7. The highest BCUT2D eigenvalue weighted by Gasteiger charge is 2.11. The Hall–Kier alpha value is -1.73. The maximum absolute atomic E-state index is 11.3. The monoisotopic (exact) mass is 255 g/mol. The third-order valence-corrected chi connectivity index (χ3v) is 2.21. The smallest absolute Gasteiger partial charge is 0.376 e. The van der Waals surface area contributed by atoms with Crippen LogP contribution >= 0.6 is 0 Å². The van der Waals surface area contributed by atoms with Gasteiger partial charge in [-0.2, -0.15) is 0 Å². The highest BCUT2D eigenvalue weighted by atomic mass is 16.5.